The lowest BCUT2D eigenvalue weighted by Crippen LogP contribution is -2.20. The van der Waals surface area contributed by atoms with Crippen LogP contribution < -0.4 is 24.3 Å². The molecule has 0 fully saturated rings. The number of methoxy groups -OCH3 is 4. The molecule has 1 aromatic heterocycles. The van der Waals surface area contributed by atoms with E-state index < -0.39 is 11.9 Å². The van der Waals surface area contributed by atoms with Crippen LogP contribution in [0.4, 0.5) is 5.69 Å². The molecule has 162 valence electrons. The minimum absolute atomic E-state index is 0.0328. The number of anilines is 1. The summed E-state index contributed by atoms with van der Waals surface area (Å²) in [4.78, 5) is 28.7. The maximum absolute atomic E-state index is 12.4. The van der Waals surface area contributed by atoms with Gasteiger partial charge in [0.15, 0.2) is 23.8 Å². The standard InChI is InChI=1S/C22H22N2O7/c1-27-14-7-5-6-13(8-14)23-21(25)12-31-18-11-17(22(26)30-4)24-16-10-20(29-3)19(28-2)9-15(16)18/h5-11H,12H2,1-4H3,(H,23,25). The fourth-order valence-electron chi connectivity index (χ4n) is 2.89. The summed E-state index contributed by atoms with van der Waals surface area (Å²) in [7, 11) is 5.79. The molecule has 3 rings (SSSR count). The molecule has 0 aliphatic carbocycles. The second-order valence-corrected chi connectivity index (χ2v) is 6.29. The molecule has 0 unspecified atom stereocenters. The number of carbonyl (C=O) groups is 2. The van der Waals surface area contributed by atoms with Crippen LogP contribution in [0.1, 0.15) is 10.5 Å². The molecule has 3 aromatic rings. The van der Waals surface area contributed by atoms with Crippen LogP contribution in [-0.4, -0.2) is 51.9 Å². The molecule has 1 heterocycles. The molecule has 0 atom stereocenters. The van der Waals surface area contributed by atoms with E-state index in [9.17, 15) is 9.59 Å². The van der Waals surface area contributed by atoms with E-state index in [4.69, 9.17) is 23.7 Å². The maximum atomic E-state index is 12.4. The summed E-state index contributed by atoms with van der Waals surface area (Å²) in [6, 6.07) is 11.6. The molecule has 0 spiro atoms. The first-order valence-electron chi connectivity index (χ1n) is 9.20. The van der Waals surface area contributed by atoms with E-state index in [1.165, 1.54) is 27.4 Å². The number of ether oxygens (including phenoxy) is 5. The number of carbonyl (C=O) groups excluding carboxylic acids is 2. The highest BCUT2D eigenvalue weighted by Gasteiger charge is 2.17. The molecule has 1 N–H and O–H groups in total. The summed E-state index contributed by atoms with van der Waals surface area (Å²) in [6.45, 7) is -0.300. The second kappa shape index (κ2) is 9.66. The molecule has 0 aliphatic rings. The third-order valence-corrected chi connectivity index (χ3v) is 4.38. The first-order chi connectivity index (χ1) is 15.0. The van der Waals surface area contributed by atoms with Gasteiger partial charge < -0.3 is 29.0 Å². The van der Waals surface area contributed by atoms with Crippen molar-refractivity contribution in [3.8, 4) is 23.0 Å². The van der Waals surface area contributed by atoms with Gasteiger partial charge in [0.05, 0.1) is 34.0 Å². The van der Waals surface area contributed by atoms with E-state index in [0.717, 1.165) is 0 Å². The fourth-order valence-corrected chi connectivity index (χ4v) is 2.89. The Morgan fingerprint density at radius 2 is 1.65 bits per heavy atom. The summed E-state index contributed by atoms with van der Waals surface area (Å²) >= 11 is 0. The van der Waals surface area contributed by atoms with Crippen LogP contribution in [0, 0.1) is 0 Å². The van der Waals surface area contributed by atoms with Crippen LogP contribution in [0.5, 0.6) is 23.0 Å². The SMILES string of the molecule is COC(=O)c1cc(OCC(=O)Nc2cccc(OC)c2)c2cc(OC)c(OC)cc2n1. The highest BCUT2D eigenvalue weighted by atomic mass is 16.5. The van der Waals surface area contributed by atoms with E-state index in [2.05, 4.69) is 10.3 Å². The molecule has 1 amide bonds. The van der Waals surface area contributed by atoms with Crippen LogP contribution in [-0.2, 0) is 9.53 Å². The molecular formula is C22H22N2O7. The average Bonchev–Trinajstić information content (AvgIpc) is 2.80. The average molecular weight is 426 g/mol. The van der Waals surface area contributed by atoms with Gasteiger partial charge in [0.1, 0.15) is 11.5 Å². The molecule has 9 nitrogen and oxygen atoms in total. The fraction of sp³-hybridized carbons (Fsp3) is 0.227. The van der Waals surface area contributed by atoms with Crippen molar-refractivity contribution < 1.29 is 33.3 Å². The zero-order chi connectivity index (χ0) is 22.4. The van der Waals surface area contributed by atoms with Gasteiger partial charge in [-0.05, 0) is 18.2 Å². The predicted molar refractivity (Wildman–Crippen MR) is 113 cm³/mol. The summed E-state index contributed by atoms with van der Waals surface area (Å²) in [5.41, 5.74) is 1.02. The lowest BCUT2D eigenvalue weighted by atomic mass is 10.1. The van der Waals surface area contributed by atoms with E-state index in [0.29, 0.717) is 33.8 Å². The maximum Gasteiger partial charge on any atom is 0.356 e. The van der Waals surface area contributed by atoms with Crippen molar-refractivity contribution in [3.63, 3.8) is 0 Å². The summed E-state index contributed by atoms with van der Waals surface area (Å²) in [5.74, 6) is 0.745. The van der Waals surface area contributed by atoms with Gasteiger partial charge in [0.2, 0.25) is 0 Å². The van der Waals surface area contributed by atoms with Gasteiger partial charge in [-0.2, -0.15) is 0 Å². The molecule has 0 saturated heterocycles. The number of nitrogens with one attached hydrogen (secondary N) is 1. The Morgan fingerprint density at radius 1 is 0.903 bits per heavy atom. The topological polar surface area (TPSA) is 105 Å². The first-order valence-corrected chi connectivity index (χ1v) is 9.20. The number of nitrogens with zero attached hydrogens (tertiary/aromatic N) is 1. The van der Waals surface area contributed by atoms with Crippen molar-refractivity contribution in [1.29, 1.82) is 0 Å². The van der Waals surface area contributed by atoms with Crippen LogP contribution in [0.25, 0.3) is 10.9 Å². The third-order valence-electron chi connectivity index (χ3n) is 4.38. The monoisotopic (exact) mass is 426 g/mol. The first kappa shape index (κ1) is 21.7. The van der Waals surface area contributed by atoms with Gasteiger partial charge in [-0.1, -0.05) is 6.07 Å². The highest BCUT2D eigenvalue weighted by molar-refractivity contribution is 5.96. The quantitative estimate of drug-likeness (QED) is 0.548. The van der Waals surface area contributed by atoms with Gasteiger partial charge in [-0.3, -0.25) is 4.79 Å². The van der Waals surface area contributed by atoms with Gasteiger partial charge in [0.25, 0.3) is 5.91 Å². The lowest BCUT2D eigenvalue weighted by molar-refractivity contribution is -0.118. The summed E-state index contributed by atoms with van der Waals surface area (Å²) in [5, 5.41) is 3.27. The Balaban J connectivity index is 1.89. The van der Waals surface area contributed by atoms with Crippen LogP contribution >= 0.6 is 0 Å². The van der Waals surface area contributed by atoms with Crippen LogP contribution in [0.2, 0.25) is 0 Å². The number of esters is 1. The van der Waals surface area contributed by atoms with E-state index in [1.54, 1.807) is 43.5 Å². The normalized spacial score (nSPS) is 10.3. The molecule has 9 heteroatoms. The Morgan fingerprint density at radius 3 is 2.32 bits per heavy atom. The molecule has 0 radical (unpaired) electrons. The number of benzene rings is 2. The summed E-state index contributed by atoms with van der Waals surface area (Å²) < 4.78 is 26.3. The van der Waals surface area contributed by atoms with Crippen molar-refractivity contribution in [2.24, 2.45) is 0 Å². The van der Waals surface area contributed by atoms with Crippen molar-refractivity contribution >= 4 is 28.5 Å². The highest BCUT2D eigenvalue weighted by Crippen LogP contribution is 2.36. The third kappa shape index (κ3) is 4.95. The molecule has 31 heavy (non-hydrogen) atoms. The predicted octanol–water partition coefficient (Wildman–Crippen LogP) is 3.06. The van der Waals surface area contributed by atoms with Crippen molar-refractivity contribution in [3.05, 3.63) is 48.2 Å². The number of hydrogen-bond donors (Lipinski definition) is 1. The van der Waals surface area contributed by atoms with E-state index >= 15 is 0 Å². The minimum atomic E-state index is -0.637. The van der Waals surface area contributed by atoms with Crippen LogP contribution in [0.3, 0.4) is 0 Å². The number of rotatable bonds is 8. The number of aromatic nitrogens is 1. The largest absolute Gasteiger partial charge is 0.497 e. The second-order valence-electron chi connectivity index (χ2n) is 6.29. The molecule has 0 saturated carbocycles. The van der Waals surface area contributed by atoms with Gasteiger partial charge in [-0.15, -0.1) is 0 Å². The number of amides is 1. The zero-order valence-electron chi connectivity index (χ0n) is 17.6. The smallest absolute Gasteiger partial charge is 0.356 e. The number of hydrogen-bond acceptors (Lipinski definition) is 8. The lowest BCUT2D eigenvalue weighted by Gasteiger charge is -2.14. The Labute approximate surface area is 178 Å². The Kier molecular flexibility index (Phi) is 6.76. The number of fused-ring (bicyclic) bond motifs is 1. The zero-order valence-corrected chi connectivity index (χ0v) is 17.6. The molecule has 2 aromatic carbocycles. The summed E-state index contributed by atoms with van der Waals surface area (Å²) in [6.07, 6.45) is 0. The molecular weight excluding hydrogens is 404 g/mol. The van der Waals surface area contributed by atoms with E-state index in [1.807, 2.05) is 0 Å². The van der Waals surface area contributed by atoms with Crippen molar-refractivity contribution in [1.82, 2.24) is 4.98 Å². The molecule has 0 aliphatic heterocycles. The van der Waals surface area contributed by atoms with Gasteiger partial charge in [0, 0.05) is 29.3 Å². The van der Waals surface area contributed by atoms with Gasteiger partial charge in [-0.25, -0.2) is 9.78 Å². The minimum Gasteiger partial charge on any atom is -0.497 e. The van der Waals surface area contributed by atoms with Crippen molar-refractivity contribution in [2.45, 2.75) is 0 Å². The Hall–Kier alpha value is -4.01. The van der Waals surface area contributed by atoms with Crippen molar-refractivity contribution in [2.75, 3.05) is 40.4 Å². The van der Waals surface area contributed by atoms with E-state index in [-0.39, 0.29) is 18.1 Å². The van der Waals surface area contributed by atoms with Crippen LogP contribution in [0.15, 0.2) is 42.5 Å². The Bertz CT molecular complexity index is 1110. The number of pyridine rings is 1. The molecule has 0 bridgehead atoms. The van der Waals surface area contributed by atoms with Gasteiger partial charge >= 0.3 is 5.97 Å².